The average Bonchev–Trinajstić information content (AvgIpc) is 3.32. The number of benzene rings is 1. The number of amides is 1. The maximum absolute atomic E-state index is 14.2. The molecule has 0 saturated carbocycles. The third kappa shape index (κ3) is 7.29. The molecule has 2 aliphatic rings. The summed E-state index contributed by atoms with van der Waals surface area (Å²) in [6, 6.07) is 4.96. The molecule has 0 aliphatic carbocycles. The molecule has 1 aromatic carbocycles. The van der Waals surface area contributed by atoms with Crippen LogP contribution in [0.15, 0.2) is 33.6 Å². The van der Waals surface area contributed by atoms with Gasteiger partial charge in [-0.25, -0.2) is 8.98 Å². The van der Waals surface area contributed by atoms with Crippen LogP contribution in [-0.2, 0) is 38.1 Å². The number of alkyl carbamates (subject to hydrolysis) is 1. The first-order valence-corrected chi connectivity index (χ1v) is 14.1. The summed E-state index contributed by atoms with van der Waals surface area (Å²) < 4.78 is 49.0. The van der Waals surface area contributed by atoms with Gasteiger partial charge in [0.2, 0.25) is 5.72 Å². The minimum atomic E-state index is -4.55. The topological polar surface area (TPSA) is 146 Å². The van der Waals surface area contributed by atoms with E-state index in [1.807, 2.05) is 0 Å². The number of ketones is 1. The van der Waals surface area contributed by atoms with E-state index in [4.69, 9.17) is 18.4 Å². The van der Waals surface area contributed by atoms with Gasteiger partial charge < -0.3 is 19.5 Å². The Morgan fingerprint density at radius 3 is 2.30 bits per heavy atom. The lowest BCUT2D eigenvalue weighted by Crippen LogP contribution is -2.65. The molecule has 0 aromatic heterocycles. The number of Topliss-reactive ketones (excluding diaryl/α,β-unsaturated/α-hetero) is 1. The molecule has 37 heavy (non-hydrogen) atoms. The fraction of sp³-hybridized carbons (Fsp3) is 0.625. The smallest absolute Gasteiger partial charge is 0.410 e. The molecule has 3 unspecified atom stereocenters. The van der Waals surface area contributed by atoms with Gasteiger partial charge in [-0.1, -0.05) is 15.9 Å². The molecular formula is C24H33BrN2O9S. The van der Waals surface area contributed by atoms with Gasteiger partial charge in [-0.05, 0) is 64.3 Å². The number of hydrogen-bond acceptors (Lipinski definition) is 10. The molecule has 0 radical (unpaired) electrons. The fourth-order valence-corrected chi connectivity index (χ4v) is 5.87. The van der Waals surface area contributed by atoms with Gasteiger partial charge in [0.05, 0.1) is 12.0 Å². The molecule has 2 saturated heterocycles. The zero-order valence-corrected chi connectivity index (χ0v) is 23.6. The predicted molar refractivity (Wildman–Crippen MR) is 135 cm³/mol. The van der Waals surface area contributed by atoms with E-state index in [1.54, 1.807) is 20.8 Å². The van der Waals surface area contributed by atoms with E-state index < -0.39 is 57.2 Å². The van der Waals surface area contributed by atoms with E-state index >= 15 is 0 Å². The van der Waals surface area contributed by atoms with Gasteiger partial charge in [0.1, 0.15) is 11.6 Å². The zero-order valence-electron chi connectivity index (χ0n) is 21.2. The highest BCUT2D eigenvalue weighted by atomic mass is 79.9. The van der Waals surface area contributed by atoms with Gasteiger partial charge in [0.25, 0.3) is 10.1 Å². The van der Waals surface area contributed by atoms with Crippen LogP contribution in [0.25, 0.3) is 0 Å². The summed E-state index contributed by atoms with van der Waals surface area (Å²) >= 11 is 3.27. The standard InChI is InChI=1S/C24H33BrN2O9S/c1-23(2,3)35-22(30)27-24(16-9-11-34-12-10-16,20(28)15-13-19(26-14-15)21(29)33-4)36-37(31,32)18-7-5-17(25)6-8-18/h5-8,15-16,19,26H,9-14H2,1-4H3,(H,27,30). The molecule has 2 fully saturated rings. The van der Waals surface area contributed by atoms with Crippen molar-refractivity contribution >= 4 is 43.9 Å². The van der Waals surface area contributed by atoms with Crippen LogP contribution in [0.3, 0.4) is 0 Å². The predicted octanol–water partition coefficient (Wildman–Crippen LogP) is 2.52. The molecule has 2 heterocycles. The van der Waals surface area contributed by atoms with Gasteiger partial charge >= 0.3 is 12.1 Å². The molecule has 206 valence electrons. The van der Waals surface area contributed by atoms with E-state index in [0.717, 1.165) is 0 Å². The van der Waals surface area contributed by atoms with E-state index in [9.17, 15) is 22.8 Å². The van der Waals surface area contributed by atoms with Gasteiger partial charge in [-0.2, -0.15) is 8.42 Å². The van der Waals surface area contributed by atoms with E-state index in [1.165, 1.54) is 31.4 Å². The summed E-state index contributed by atoms with van der Waals surface area (Å²) in [5.74, 6) is -2.81. The van der Waals surface area contributed by atoms with Crippen molar-refractivity contribution in [1.29, 1.82) is 0 Å². The molecular weight excluding hydrogens is 572 g/mol. The van der Waals surface area contributed by atoms with Crippen molar-refractivity contribution in [1.82, 2.24) is 10.6 Å². The highest BCUT2D eigenvalue weighted by molar-refractivity contribution is 9.10. The monoisotopic (exact) mass is 604 g/mol. The number of carbonyl (C=O) groups excluding carboxylic acids is 3. The maximum Gasteiger partial charge on any atom is 0.410 e. The summed E-state index contributed by atoms with van der Waals surface area (Å²) in [5, 5.41) is 5.44. The second-order valence-electron chi connectivity index (χ2n) is 10.0. The van der Waals surface area contributed by atoms with Crippen molar-refractivity contribution in [2.75, 3.05) is 26.9 Å². The summed E-state index contributed by atoms with van der Waals surface area (Å²) in [5.41, 5.74) is -3.22. The van der Waals surface area contributed by atoms with Gasteiger partial charge in [0.15, 0.2) is 5.78 Å². The Morgan fingerprint density at radius 2 is 1.73 bits per heavy atom. The average molecular weight is 606 g/mol. The minimum Gasteiger partial charge on any atom is -0.468 e. The number of hydrogen-bond donors (Lipinski definition) is 2. The van der Waals surface area contributed by atoms with E-state index in [-0.39, 0.29) is 43.9 Å². The Morgan fingerprint density at radius 1 is 1.11 bits per heavy atom. The molecule has 11 nitrogen and oxygen atoms in total. The number of halogens is 1. The number of carbonyl (C=O) groups is 3. The number of methoxy groups -OCH3 is 1. The van der Waals surface area contributed by atoms with Crippen molar-refractivity contribution in [2.24, 2.45) is 11.8 Å². The third-order valence-electron chi connectivity index (χ3n) is 6.18. The van der Waals surface area contributed by atoms with Crippen LogP contribution in [0, 0.1) is 11.8 Å². The molecule has 3 atom stereocenters. The Bertz CT molecular complexity index is 1100. The maximum atomic E-state index is 14.2. The Kier molecular flexibility index (Phi) is 9.38. The highest BCUT2D eigenvalue weighted by Crippen LogP contribution is 2.37. The van der Waals surface area contributed by atoms with Crippen LogP contribution in [-0.4, -0.2) is 70.5 Å². The Labute approximate surface area is 225 Å². The summed E-state index contributed by atoms with van der Waals surface area (Å²) in [6.07, 6.45) is -0.460. The molecule has 0 spiro atoms. The van der Waals surface area contributed by atoms with Crippen molar-refractivity contribution in [3.05, 3.63) is 28.7 Å². The van der Waals surface area contributed by atoms with Crippen LogP contribution in [0.1, 0.15) is 40.0 Å². The van der Waals surface area contributed by atoms with Gasteiger partial charge in [0, 0.05) is 36.1 Å². The fourth-order valence-electron chi connectivity index (χ4n) is 4.44. The zero-order chi connectivity index (χ0) is 27.4. The molecule has 2 N–H and O–H groups in total. The highest BCUT2D eigenvalue weighted by Gasteiger charge is 2.55. The van der Waals surface area contributed by atoms with E-state index in [0.29, 0.717) is 4.47 Å². The molecule has 13 heteroatoms. The summed E-state index contributed by atoms with van der Waals surface area (Å²) in [4.78, 5) is 39.1. The van der Waals surface area contributed by atoms with E-state index in [2.05, 4.69) is 26.6 Å². The van der Waals surface area contributed by atoms with Crippen LogP contribution in [0.4, 0.5) is 4.79 Å². The third-order valence-corrected chi connectivity index (χ3v) is 8.04. The molecule has 0 bridgehead atoms. The second-order valence-corrected chi connectivity index (χ2v) is 12.5. The first kappa shape index (κ1) is 29.5. The van der Waals surface area contributed by atoms with Crippen LogP contribution in [0.5, 0.6) is 0 Å². The SMILES string of the molecule is COC(=O)C1CC(C(=O)C(NC(=O)OC(C)(C)C)(OS(=O)(=O)c2ccc(Br)cc2)C2CCOCC2)CN1. The van der Waals surface area contributed by atoms with Crippen LogP contribution >= 0.6 is 15.9 Å². The number of esters is 1. The summed E-state index contributed by atoms with van der Waals surface area (Å²) in [7, 11) is -3.31. The molecule has 1 aromatic rings. The summed E-state index contributed by atoms with van der Waals surface area (Å²) in [6.45, 7) is 5.49. The first-order chi connectivity index (χ1) is 17.3. The number of nitrogens with one attached hydrogen (secondary N) is 2. The first-order valence-electron chi connectivity index (χ1n) is 11.9. The van der Waals surface area contributed by atoms with Crippen molar-refractivity contribution in [3.63, 3.8) is 0 Å². The minimum absolute atomic E-state index is 0.0498. The Hall–Kier alpha value is -2.06. The lowest BCUT2D eigenvalue weighted by atomic mass is 9.80. The van der Waals surface area contributed by atoms with Crippen LogP contribution in [0.2, 0.25) is 0 Å². The Balaban J connectivity index is 2.07. The van der Waals surface area contributed by atoms with Gasteiger partial charge in [-0.15, -0.1) is 0 Å². The normalized spacial score (nSPS) is 22.6. The van der Waals surface area contributed by atoms with Crippen molar-refractivity contribution < 1.29 is 41.2 Å². The second kappa shape index (κ2) is 11.8. The van der Waals surface area contributed by atoms with Crippen LogP contribution < -0.4 is 10.6 Å². The number of rotatable bonds is 8. The molecule has 3 rings (SSSR count). The van der Waals surface area contributed by atoms with Crippen molar-refractivity contribution in [3.8, 4) is 0 Å². The lowest BCUT2D eigenvalue weighted by molar-refractivity contribution is -0.151. The molecule has 2 aliphatic heterocycles. The molecule has 1 amide bonds. The quantitative estimate of drug-likeness (QED) is 0.258. The largest absolute Gasteiger partial charge is 0.468 e. The lowest BCUT2D eigenvalue weighted by Gasteiger charge is -2.41. The van der Waals surface area contributed by atoms with Crippen molar-refractivity contribution in [2.45, 2.75) is 62.3 Å². The van der Waals surface area contributed by atoms with Gasteiger partial charge in [-0.3, -0.25) is 14.9 Å². The number of ether oxygens (including phenoxy) is 3.